The lowest BCUT2D eigenvalue weighted by Crippen LogP contribution is -2.69. The fourth-order valence-corrected chi connectivity index (χ4v) is 11.0. The minimum Gasteiger partial charge on any atom is -0.477 e. The highest BCUT2D eigenvalue weighted by Gasteiger charge is 2.53. The second-order valence-electron chi connectivity index (χ2n) is 17.6. The minimum atomic E-state index is -1.86. The first-order valence-electron chi connectivity index (χ1n) is 22.6. The monoisotopic (exact) mass is 1040 g/mol. The second kappa shape index (κ2) is 21.9. The Labute approximate surface area is 426 Å². The first-order valence-corrected chi connectivity index (χ1v) is 24.5. The summed E-state index contributed by atoms with van der Waals surface area (Å²) in [6.07, 6.45) is -1.82. The number of nitrogens with zero attached hydrogens (tertiary/aromatic N) is 7. The van der Waals surface area contributed by atoms with Gasteiger partial charge in [0, 0.05) is 35.7 Å². The maximum Gasteiger partial charge on any atom is 0.412 e. The highest BCUT2D eigenvalue weighted by atomic mass is 32.2. The van der Waals surface area contributed by atoms with E-state index in [2.05, 4.69) is 36.8 Å². The Kier molecular flexibility index (Phi) is 15.9. The van der Waals surface area contributed by atoms with Crippen molar-refractivity contribution in [2.24, 2.45) is 7.05 Å². The Balaban J connectivity index is 1.04. The van der Waals surface area contributed by atoms with E-state index in [9.17, 15) is 48.3 Å². The van der Waals surface area contributed by atoms with Crippen molar-refractivity contribution in [2.75, 3.05) is 56.3 Å². The number of aliphatic carboxylic acids is 1. The number of likely N-dealkylation sites (N-methyl/N-ethyl adjacent to an activating group) is 1. The normalized spacial score (nSPS) is 19.4. The summed E-state index contributed by atoms with van der Waals surface area (Å²) in [4.78, 5) is 123. The molecule has 0 spiro atoms. The molecule has 73 heavy (non-hydrogen) atoms. The number of fused-ring (bicyclic) bond motifs is 1. The third-order valence-corrected chi connectivity index (χ3v) is 14.5. The lowest BCUT2D eigenvalue weighted by molar-refractivity contribution is -0.152. The van der Waals surface area contributed by atoms with Crippen LogP contribution in [0.4, 0.5) is 31.4 Å². The molecule has 3 aliphatic heterocycles. The second-order valence-corrected chi connectivity index (χ2v) is 19.9. The topological polar surface area (TPSA) is 300 Å². The lowest BCUT2D eigenvalue weighted by atomic mass is 9.74. The van der Waals surface area contributed by atoms with Crippen LogP contribution in [0.15, 0.2) is 95.3 Å². The number of amides is 8. The summed E-state index contributed by atoms with van der Waals surface area (Å²) >= 11 is 2.23. The number of aryl methyl sites for hydroxylation is 1. The van der Waals surface area contributed by atoms with Crippen LogP contribution >= 0.6 is 23.5 Å². The van der Waals surface area contributed by atoms with E-state index in [1.54, 1.807) is 101 Å². The molecular weight excluding hydrogens is 991 g/mol. The van der Waals surface area contributed by atoms with Gasteiger partial charge in [-0.3, -0.25) is 34.7 Å². The summed E-state index contributed by atoms with van der Waals surface area (Å²) < 4.78 is 17.4. The molecule has 8 amide bonds. The van der Waals surface area contributed by atoms with Gasteiger partial charge in [-0.2, -0.15) is 0 Å². The van der Waals surface area contributed by atoms with Crippen molar-refractivity contribution in [3.8, 4) is 0 Å². The molecule has 0 bridgehead atoms. The average Bonchev–Trinajstić information content (AvgIpc) is 3.77. The zero-order valence-electron chi connectivity index (χ0n) is 40.4. The molecule has 26 heteroatoms. The predicted molar refractivity (Wildman–Crippen MR) is 263 cm³/mol. The van der Waals surface area contributed by atoms with Crippen molar-refractivity contribution in [1.29, 1.82) is 0 Å². The number of piperazine rings is 1. The van der Waals surface area contributed by atoms with Crippen molar-refractivity contribution < 1.29 is 62.5 Å². The molecule has 1 aromatic heterocycles. The molecule has 2 saturated heterocycles. The predicted octanol–water partition coefficient (Wildman–Crippen LogP) is 3.55. The molecule has 7 rings (SSSR count). The number of quaternary nitrogens is 1. The summed E-state index contributed by atoms with van der Waals surface area (Å²) in [6.45, 7) is 4.96. The number of hydrogen-bond acceptors (Lipinski definition) is 17. The van der Waals surface area contributed by atoms with Crippen molar-refractivity contribution in [1.82, 2.24) is 45.1 Å². The van der Waals surface area contributed by atoms with Gasteiger partial charge in [-0.1, -0.05) is 72.4 Å². The Morgan fingerprint density at radius 3 is 2.23 bits per heavy atom. The van der Waals surface area contributed by atoms with E-state index in [4.69, 9.17) is 14.2 Å². The molecular formula is C47H52N11O13S2+. The minimum absolute atomic E-state index is 0.000214. The number of rotatable bonds is 16. The zero-order chi connectivity index (χ0) is 52.8. The van der Waals surface area contributed by atoms with Crippen LogP contribution in [0.2, 0.25) is 0 Å². The quantitative estimate of drug-likeness (QED) is 0.0268. The number of esters is 1. The Morgan fingerprint density at radius 1 is 0.918 bits per heavy atom. The van der Waals surface area contributed by atoms with E-state index in [-0.39, 0.29) is 65.7 Å². The van der Waals surface area contributed by atoms with E-state index < -0.39 is 93.2 Å². The molecule has 3 aromatic carbocycles. The summed E-state index contributed by atoms with van der Waals surface area (Å²) in [5.74, 6) is -5.59. The fourth-order valence-electron chi connectivity index (χ4n) is 8.54. The summed E-state index contributed by atoms with van der Waals surface area (Å²) in [5, 5.41) is 30.7. The van der Waals surface area contributed by atoms with Gasteiger partial charge >= 0.3 is 42.0 Å². The number of β-lactam (4-membered cyclic amide) rings is 1. The lowest BCUT2D eigenvalue weighted by Gasteiger charge is -2.46. The standard InChI is InChI=1S/C47H51N11O13S2/c1-7-58(22-21-56(38(61)39(58)62)42(66)48-24-33(59)51-37-28(25-72-43-52-53-54-55(43)5)36(40(63)64)57-34(60)23-35(57)73-37)32-20-14-13-19-31(32)50-44(67)70-26-47(41(65)69-6,27-15-9-8-10-16-27)29-17-11-12-18-30(29)49-45(68)71-46(2,3)4/h8-20,35,37H,7,21-26H2,1-6H3,(H4-,48,49,50,51,59,63,64,66,67,68)/p+1/t35-,37+,47?,58?/m0/s1. The van der Waals surface area contributed by atoms with E-state index >= 15 is 0 Å². The van der Waals surface area contributed by atoms with E-state index in [1.807, 2.05) is 0 Å². The number of hydrogen-bond donors (Lipinski definition) is 5. The number of methoxy groups -OCH3 is 1. The highest BCUT2D eigenvalue weighted by Crippen LogP contribution is 2.45. The number of benzene rings is 3. The fraction of sp³-hybridized carbons (Fsp3) is 0.362. The van der Waals surface area contributed by atoms with Gasteiger partial charge < -0.3 is 30.0 Å². The number of urea groups is 1. The van der Waals surface area contributed by atoms with Gasteiger partial charge in [-0.05, 0) is 55.8 Å². The number of ether oxygens (including phenoxy) is 3. The summed E-state index contributed by atoms with van der Waals surface area (Å²) in [7, 11) is 2.76. The van der Waals surface area contributed by atoms with Crippen LogP contribution in [0.3, 0.4) is 0 Å². The smallest absolute Gasteiger partial charge is 0.412 e. The molecule has 4 aromatic rings. The third kappa shape index (κ3) is 11.0. The van der Waals surface area contributed by atoms with Gasteiger partial charge in [0.25, 0.3) is 0 Å². The number of carboxylic acids is 1. The number of thioether (sulfide) groups is 2. The molecule has 4 heterocycles. The number of tetrazole rings is 1. The number of para-hydroxylation sites is 3. The SMILES string of the molecule is CC[N+]1(c2ccccc2NC(=O)OCC(C(=O)OC)(c2ccccc2)c2ccccc2NC(=O)OC(C)(C)C)CCN(C(=O)NCC(=O)N[C@@H]2S[C@H]3CC(=O)N3C(C(=O)O)=C2CSc2nnnn2C)C(=O)C1=O. The molecule has 0 aliphatic carbocycles. The number of carbonyl (C=O) groups excluding carboxylic acids is 8. The van der Waals surface area contributed by atoms with Crippen LogP contribution in [0.5, 0.6) is 0 Å². The van der Waals surface area contributed by atoms with Crippen LogP contribution < -0.4 is 25.8 Å². The Bertz CT molecular complexity index is 2890. The summed E-state index contributed by atoms with van der Waals surface area (Å²) in [5.41, 5.74) is -1.81. The number of imide groups is 1. The number of carboxylic acid groups (broad SMARTS) is 1. The maximum absolute atomic E-state index is 14.3. The maximum atomic E-state index is 14.3. The van der Waals surface area contributed by atoms with Gasteiger partial charge in [0.15, 0.2) is 11.1 Å². The Hall–Kier alpha value is -7.84. The summed E-state index contributed by atoms with van der Waals surface area (Å²) in [6, 6.07) is 19.9. The van der Waals surface area contributed by atoms with E-state index in [1.165, 1.54) is 23.9 Å². The van der Waals surface area contributed by atoms with Crippen molar-refractivity contribution in [3.63, 3.8) is 0 Å². The number of anilines is 2. The highest BCUT2D eigenvalue weighted by molar-refractivity contribution is 8.01. The van der Waals surface area contributed by atoms with Gasteiger partial charge in [0.2, 0.25) is 17.0 Å². The molecule has 5 N–H and O–H groups in total. The largest absolute Gasteiger partial charge is 0.477 e. The molecule has 4 atom stereocenters. The van der Waals surface area contributed by atoms with Crippen molar-refractivity contribution in [3.05, 3.63) is 101 Å². The van der Waals surface area contributed by atoms with Gasteiger partial charge in [0.05, 0.1) is 38.5 Å². The third-order valence-electron chi connectivity index (χ3n) is 12.0. The molecule has 24 nitrogen and oxygen atoms in total. The van der Waals surface area contributed by atoms with E-state index in [0.29, 0.717) is 15.6 Å². The van der Waals surface area contributed by atoms with Crippen molar-refractivity contribution >= 4 is 94.4 Å². The van der Waals surface area contributed by atoms with Gasteiger partial charge in [-0.15, -0.1) is 16.9 Å². The molecule has 0 radical (unpaired) electrons. The first kappa shape index (κ1) is 53.0. The Morgan fingerprint density at radius 2 is 1.59 bits per heavy atom. The van der Waals surface area contributed by atoms with Gasteiger partial charge in [-0.25, -0.2) is 38.0 Å². The average molecular weight is 1040 g/mol. The van der Waals surface area contributed by atoms with Gasteiger partial charge in [0.1, 0.15) is 35.5 Å². The van der Waals surface area contributed by atoms with E-state index in [0.717, 1.165) is 28.4 Å². The number of carbonyl (C=O) groups is 9. The number of aromatic nitrogens is 4. The zero-order valence-corrected chi connectivity index (χ0v) is 42.0. The van der Waals surface area contributed by atoms with Crippen LogP contribution in [0.1, 0.15) is 45.2 Å². The van der Waals surface area contributed by atoms with Crippen LogP contribution in [-0.2, 0) is 55.4 Å². The first-order chi connectivity index (χ1) is 34.7. The van der Waals surface area contributed by atoms with Crippen LogP contribution in [0, 0.1) is 0 Å². The van der Waals surface area contributed by atoms with Crippen molar-refractivity contribution in [2.45, 2.75) is 61.0 Å². The molecule has 0 saturated carbocycles. The molecule has 384 valence electrons. The molecule has 2 fully saturated rings. The number of nitrogens with one attached hydrogen (secondary N) is 4. The molecule has 3 aliphatic rings. The van der Waals surface area contributed by atoms with Crippen LogP contribution in [0.25, 0.3) is 0 Å². The van der Waals surface area contributed by atoms with Crippen LogP contribution in [-0.4, -0.2) is 151 Å². The molecule has 2 unspecified atom stereocenters.